The van der Waals surface area contributed by atoms with Crippen molar-refractivity contribution in [3.63, 3.8) is 0 Å². The van der Waals surface area contributed by atoms with Crippen LogP contribution in [0.5, 0.6) is 5.75 Å². The zero-order chi connectivity index (χ0) is 16.8. The first-order valence-corrected chi connectivity index (χ1v) is 8.71. The van der Waals surface area contributed by atoms with Crippen LogP contribution < -0.4 is 15.8 Å². The van der Waals surface area contributed by atoms with E-state index >= 15 is 0 Å². The molecule has 6 heteroatoms. The van der Waals surface area contributed by atoms with Gasteiger partial charge >= 0.3 is 0 Å². The monoisotopic (exact) mass is 334 g/mol. The highest BCUT2D eigenvalue weighted by atomic mass is 16.5. The summed E-state index contributed by atoms with van der Waals surface area (Å²) in [5.74, 6) is 0.819. The second kappa shape index (κ2) is 8.46. The van der Waals surface area contributed by atoms with E-state index in [1.165, 1.54) is 0 Å². The van der Waals surface area contributed by atoms with Gasteiger partial charge in [0.05, 0.1) is 12.1 Å². The fraction of sp³-hybridized carbons (Fsp3) is 0.611. The Morgan fingerprint density at radius 1 is 1.21 bits per heavy atom. The van der Waals surface area contributed by atoms with Crippen molar-refractivity contribution in [3.05, 3.63) is 24.3 Å². The van der Waals surface area contributed by atoms with Gasteiger partial charge in [0.15, 0.2) is 0 Å². The number of rotatable bonds is 6. The Kier molecular flexibility index (Phi) is 6.07. The number of carbonyl (C=O) groups excluding carboxylic acids is 1. The van der Waals surface area contributed by atoms with Crippen LogP contribution in [0.15, 0.2) is 24.3 Å². The summed E-state index contributed by atoms with van der Waals surface area (Å²) >= 11 is 0. The van der Waals surface area contributed by atoms with Gasteiger partial charge in [-0.15, -0.1) is 0 Å². The summed E-state index contributed by atoms with van der Waals surface area (Å²) in [5, 5.41) is 2.88. The molecule has 2 heterocycles. The molecule has 2 unspecified atom stereocenters. The van der Waals surface area contributed by atoms with Gasteiger partial charge in [0.1, 0.15) is 12.4 Å². The summed E-state index contributed by atoms with van der Waals surface area (Å²) in [4.78, 5) is 12.3. The molecule has 3 N–H and O–H groups in total. The van der Waals surface area contributed by atoms with Crippen molar-refractivity contribution < 1.29 is 19.0 Å². The van der Waals surface area contributed by atoms with Crippen molar-refractivity contribution in [1.82, 2.24) is 0 Å². The molecule has 1 aromatic rings. The number of ether oxygens (including phenoxy) is 3. The van der Waals surface area contributed by atoms with Gasteiger partial charge in [-0.1, -0.05) is 0 Å². The molecule has 0 aliphatic carbocycles. The van der Waals surface area contributed by atoms with E-state index in [1.54, 1.807) is 0 Å². The van der Waals surface area contributed by atoms with Crippen LogP contribution in [0, 0.1) is 5.92 Å². The molecule has 0 aromatic heterocycles. The third-order valence-electron chi connectivity index (χ3n) is 4.66. The topological polar surface area (TPSA) is 82.8 Å². The van der Waals surface area contributed by atoms with Crippen molar-refractivity contribution in [2.24, 2.45) is 11.7 Å². The molecule has 132 valence electrons. The molecule has 1 amide bonds. The van der Waals surface area contributed by atoms with Crippen LogP contribution >= 0.6 is 0 Å². The highest BCUT2D eigenvalue weighted by Gasteiger charge is 2.26. The van der Waals surface area contributed by atoms with E-state index < -0.39 is 6.04 Å². The second-order valence-corrected chi connectivity index (χ2v) is 6.44. The smallest absolute Gasteiger partial charge is 0.241 e. The summed E-state index contributed by atoms with van der Waals surface area (Å²) < 4.78 is 16.6. The lowest BCUT2D eigenvalue weighted by Gasteiger charge is -2.26. The maximum Gasteiger partial charge on any atom is 0.241 e. The molecule has 6 nitrogen and oxygen atoms in total. The third-order valence-corrected chi connectivity index (χ3v) is 4.66. The molecular weight excluding hydrogens is 308 g/mol. The van der Waals surface area contributed by atoms with Gasteiger partial charge in [0, 0.05) is 25.5 Å². The summed E-state index contributed by atoms with van der Waals surface area (Å²) in [7, 11) is 0. The molecule has 2 aliphatic rings. The number of hydrogen-bond acceptors (Lipinski definition) is 5. The molecule has 0 radical (unpaired) electrons. The van der Waals surface area contributed by atoms with Crippen molar-refractivity contribution in [1.29, 1.82) is 0 Å². The average Bonchev–Trinajstić information content (AvgIpc) is 3.15. The van der Waals surface area contributed by atoms with Gasteiger partial charge in [0.25, 0.3) is 0 Å². The number of anilines is 1. The summed E-state index contributed by atoms with van der Waals surface area (Å²) in [5.41, 5.74) is 6.81. The van der Waals surface area contributed by atoms with E-state index in [9.17, 15) is 4.79 Å². The SMILES string of the molecule is NC(C(=O)Nc1ccc(OCC2CCCO2)cc1)C1CCOCC1. The van der Waals surface area contributed by atoms with Crippen LogP contribution in [0.1, 0.15) is 25.7 Å². The van der Waals surface area contributed by atoms with Crippen LogP contribution in [0.3, 0.4) is 0 Å². The maximum absolute atomic E-state index is 12.3. The van der Waals surface area contributed by atoms with E-state index in [2.05, 4.69) is 5.32 Å². The maximum atomic E-state index is 12.3. The molecule has 0 spiro atoms. The lowest BCUT2D eigenvalue weighted by atomic mass is 9.92. The number of nitrogens with one attached hydrogen (secondary N) is 1. The largest absolute Gasteiger partial charge is 0.491 e. The Bertz CT molecular complexity index is 522. The van der Waals surface area contributed by atoms with Crippen LogP contribution in [0.4, 0.5) is 5.69 Å². The fourth-order valence-corrected chi connectivity index (χ4v) is 3.11. The molecule has 0 bridgehead atoms. The van der Waals surface area contributed by atoms with E-state index in [0.717, 1.165) is 43.7 Å². The first-order chi connectivity index (χ1) is 11.7. The molecule has 1 aromatic carbocycles. The highest BCUT2D eigenvalue weighted by Crippen LogP contribution is 2.21. The first kappa shape index (κ1) is 17.2. The lowest BCUT2D eigenvalue weighted by Crippen LogP contribution is -2.43. The van der Waals surface area contributed by atoms with Crippen molar-refractivity contribution in [2.75, 3.05) is 31.7 Å². The van der Waals surface area contributed by atoms with Gasteiger partial charge in [-0.05, 0) is 55.9 Å². The molecule has 2 aliphatic heterocycles. The summed E-state index contributed by atoms with van der Waals surface area (Å²) in [6.45, 7) is 2.76. The molecule has 2 atom stereocenters. The third kappa shape index (κ3) is 4.69. The van der Waals surface area contributed by atoms with Gasteiger partial charge in [-0.3, -0.25) is 4.79 Å². The Balaban J connectivity index is 1.46. The zero-order valence-electron chi connectivity index (χ0n) is 13.9. The molecule has 0 saturated carbocycles. The summed E-state index contributed by atoms with van der Waals surface area (Å²) in [6, 6.07) is 6.87. The van der Waals surface area contributed by atoms with Crippen LogP contribution in [-0.2, 0) is 14.3 Å². The van der Waals surface area contributed by atoms with Crippen molar-refractivity contribution >= 4 is 11.6 Å². The number of amides is 1. The standard InChI is InChI=1S/C18H26N2O4/c19-17(13-7-10-22-11-8-13)18(21)20-14-3-5-15(6-4-14)24-12-16-2-1-9-23-16/h3-6,13,16-17H,1-2,7-12,19H2,(H,20,21). The second-order valence-electron chi connectivity index (χ2n) is 6.44. The molecule has 24 heavy (non-hydrogen) atoms. The van der Waals surface area contributed by atoms with Gasteiger partial charge in [-0.2, -0.15) is 0 Å². The van der Waals surface area contributed by atoms with E-state index in [1.807, 2.05) is 24.3 Å². The van der Waals surface area contributed by atoms with Crippen LogP contribution in [0.2, 0.25) is 0 Å². The normalized spacial score (nSPS) is 23.0. The molecule has 2 saturated heterocycles. The number of benzene rings is 1. The van der Waals surface area contributed by atoms with Gasteiger partial charge in [-0.25, -0.2) is 0 Å². The minimum Gasteiger partial charge on any atom is -0.491 e. The van der Waals surface area contributed by atoms with Crippen LogP contribution in [-0.4, -0.2) is 44.5 Å². The van der Waals surface area contributed by atoms with Gasteiger partial charge in [0.2, 0.25) is 5.91 Å². The predicted octanol–water partition coefficient (Wildman–Crippen LogP) is 1.94. The highest BCUT2D eigenvalue weighted by molar-refractivity contribution is 5.94. The summed E-state index contributed by atoms with van der Waals surface area (Å²) in [6.07, 6.45) is 4.03. The first-order valence-electron chi connectivity index (χ1n) is 8.71. The number of hydrogen-bond donors (Lipinski definition) is 2. The predicted molar refractivity (Wildman–Crippen MR) is 91.1 cm³/mol. The molecule has 2 fully saturated rings. The minimum atomic E-state index is -0.496. The van der Waals surface area contributed by atoms with Crippen LogP contribution in [0.25, 0.3) is 0 Å². The van der Waals surface area contributed by atoms with Gasteiger partial charge < -0.3 is 25.3 Å². The Labute approximate surface area is 142 Å². The molecular formula is C18H26N2O4. The number of carbonyl (C=O) groups is 1. The quantitative estimate of drug-likeness (QED) is 0.831. The van der Waals surface area contributed by atoms with E-state index in [0.29, 0.717) is 19.8 Å². The van der Waals surface area contributed by atoms with Crippen molar-refractivity contribution in [3.8, 4) is 5.75 Å². The van der Waals surface area contributed by atoms with Crippen molar-refractivity contribution in [2.45, 2.75) is 37.8 Å². The molecule has 3 rings (SSSR count). The average molecular weight is 334 g/mol. The Hall–Kier alpha value is -1.63. The fourth-order valence-electron chi connectivity index (χ4n) is 3.11. The number of nitrogens with two attached hydrogens (primary N) is 1. The Morgan fingerprint density at radius 3 is 2.62 bits per heavy atom. The minimum absolute atomic E-state index is 0.144. The zero-order valence-corrected chi connectivity index (χ0v) is 13.9. The van der Waals surface area contributed by atoms with E-state index in [4.69, 9.17) is 19.9 Å². The Morgan fingerprint density at radius 2 is 1.96 bits per heavy atom. The van der Waals surface area contributed by atoms with E-state index in [-0.39, 0.29) is 17.9 Å². The lowest BCUT2D eigenvalue weighted by molar-refractivity contribution is -0.119.